The van der Waals surface area contributed by atoms with Gasteiger partial charge in [-0.15, -0.1) is 0 Å². The zero-order chi connectivity index (χ0) is 20.1. The van der Waals surface area contributed by atoms with Crippen LogP contribution in [0.15, 0.2) is 42.5 Å². The van der Waals surface area contributed by atoms with Gasteiger partial charge in [-0.05, 0) is 36.8 Å². The number of nitrogens with zero attached hydrogens (tertiary/aromatic N) is 2. The van der Waals surface area contributed by atoms with Crippen LogP contribution in [0.3, 0.4) is 0 Å². The molecule has 7 heteroatoms. The molecule has 0 spiro atoms. The molecule has 1 aromatic heterocycles. The molecule has 0 aliphatic carbocycles. The lowest BCUT2D eigenvalue weighted by atomic mass is 10.2. The maximum Gasteiger partial charge on any atom is 0.161 e. The molecule has 2 aromatic carbocycles. The second kappa shape index (κ2) is 9.05. The van der Waals surface area contributed by atoms with Gasteiger partial charge in [0.15, 0.2) is 11.5 Å². The van der Waals surface area contributed by atoms with Crippen LogP contribution in [0.1, 0.15) is 24.4 Å². The van der Waals surface area contributed by atoms with Gasteiger partial charge in [-0.25, -0.2) is 4.98 Å². The molecule has 0 bridgehead atoms. The minimum Gasteiger partial charge on any atom is -0.493 e. The molecule has 0 aliphatic heterocycles. The van der Waals surface area contributed by atoms with Gasteiger partial charge in [0.05, 0.1) is 51.1 Å². The summed E-state index contributed by atoms with van der Waals surface area (Å²) in [5.41, 5.74) is 2.58. The first kappa shape index (κ1) is 20.1. The normalized spacial score (nSPS) is 13.5. The second-order valence-corrected chi connectivity index (χ2v) is 6.60. The van der Waals surface area contributed by atoms with E-state index in [0.717, 1.165) is 16.6 Å². The fraction of sp³-hybridized carbons (Fsp3) is 0.381. The smallest absolute Gasteiger partial charge is 0.161 e. The molecule has 0 radical (unpaired) electrons. The van der Waals surface area contributed by atoms with Crippen LogP contribution in [0, 0.1) is 0 Å². The van der Waals surface area contributed by atoms with Crippen molar-refractivity contribution in [2.24, 2.45) is 0 Å². The van der Waals surface area contributed by atoms with Gasteiger partial charge in [0.1, 0.15) is 11.9 Å². The highest BCUT2D eigenvalue weighted by Gasteiger charge is 2.17. The van der Waals surface area contributed by atoms with E-state index in [1.165, 1.54) is 0 Å². The van der Waals surface area contributed by atoms with Crippen LogP contribution in [-0.4, -0.2) is 46.7 Å². The third-order valence-electron chi connectivity index (χ3n) is 4.48. The zero-order valence-electron chi connectivity index (χ0n) is 16.3. The van der Waals surface area contributed by atoms with E-state index in [1.54, 1.807) is 21.1 Å². The Morgan fingerprint density at radius 3 is 2.50 bits per heavy atom. The summed E-state index contributed by atoms with van der Waals surface area (Å²) in [7, 11) is 3.17. The molecule has 3 aromatic rings. The molecule has 2 unspecified atom stereocenters. The van der Waals surface area contributed by atoms with Gasteiger partial charge >= 0.3 is 0 Å². The zero-order valence-corrected chi connectivity index (χ0v) is 16.3. The topological polar surface area (TPSA) is 86.0 Å². The average molecular weight is 386 g/mol. The quantitative estimate of drug-likeness (QED) is 0.588. The minimum absolute atomic E-state index is 0.153. The van der Waals surface area contributed by atoms with Gasteiger partial charge in [-0.2, -0.15) is 0 Å². The first-order valence-electron chi connectivity index (χ1n) is 9.13. The van der Waals surface area contributed by atoms with Crippen molar-refractivity contribution < 1.29 is 24.4 Å². The molecule has 7 nitrogen and oxygen atoms in total. The summed E-state index contributed by atoms with van der Waals surface area (Å²) in [6.45, 7) is 2.44. The number of ether oxygens (including phenoxy) is 3. The highest BCUT2D eigenvalue weighted by atomic mass is 16.5. The molecule has 2 atom stereocenters. The van der Waals surface area contributed by atoms with Crippen molar-refractivity contribution in [2.75, 3.05) is 20.8 Å². The Bertz CT molecular complexity index is 922. The number of benzene rings is 2. The Morgan fingerprint density at radius 1 is 1.04 bits per heavy atom. The maximum absolute atomic E-state index is 10.4. The predicted octanol–water partition coefficient (Wildman–Crippen LogP) is 2.68. The Hall–Kier alpha value is -2.61. The van der Waals surface area contributed by atoms with Crippen molar-refractivity contribution in [2.45, 2.75) is 32.3 Å². The molecule has 3 rings (SSSR count). The summed E-state index contributed by atoms with van der Waals surface area (Å²) < 4.78 is 18.0. The van der Waals surface area contributed by atoms with E-state index in [9.17, 15) is 10.2 Å². The Morgan fingerprint density at radius 2 is 1.79 bits per heavy atom. The Balaban J connectivity index is 1.63. The van der Waals surface area contributed by atoms with E-state index in [2.05, 4.69) is 4.98 Å². The number of hydrogen-bond acceptors (Lipinski definition) is 6. The van der Waals surface area contributed by atoms with E-state index >= 15 is 0 Å². The lowest BCUT2D eigenvalue weighted by Gasteiger charge is -2.16. The lowest BCUT2D eigenvalue weighted by Crippen LogP contribution is -2.23. The first-order chi connectivity index (χ1) is 13.5. The highest BCUT2D eigenvalue weighted by molar-refractivity contribution is 5.76. The summed E-state index contributed by atoms with van der Waals surface area (Å²) in [5, 5.41) is 20.5. The van der Waals surface area contributed by atoms with E-state index in [-0.39, 0.29) is 13.2 Å². The maximum atomic E-state index is 10.4. The number of hydrogen-bond donors (Lipinski definition) is 2. The second-order valence-electron chi connectivity index (χ2n) is 6.60. The van der Waals surface area contributed by atoms with E-state index in [0.29, 0.717) is 23.9 Å². The molecule has 1 heterocycles. The highest BCUT2D eigenvalue weighted by Crippen LogP contribution is 2.28. The summed E-state index contributed by atoms with van der Waals surface area (Å²) in [4.78, 5) is 4.46. The fourth-order valence-electron chi connectivity index (χ4n) is 3.15. The monoisotopic (exact) mass is 386 g/mol. The molecule has 2 N–H and O–H groups in total. The number of methoxy groups -OCH3 is 2. The van der Waals surface area contributed by atoms with Crippen LogP contribution in [0.4, 0.5) is 0 Å². The Labute approximate surface area is 164 Å². The first-order valence-corrected chi connectivity index (χ1v) is 9.13. The number of rotatable bonds is 9. The van der Waals surface area contributed by atoms with Crippen LogP contribution in [-0.2, 0) is 17.9 Å². The summed E-state index contributed by atoms with van der Waals surface area (Å²) in [5.74, 6) is 1.82. The minimum atomic E-state index is -0.741. The average Bonchev–Trinajstić information content (AvgIpc) is 3.06. The number of aromatic nitrogens is 2. The summed E-state index contributed by atoms with van der Waals surface area (Å²) in [6.07, 6.45) is -1.47. The lowest BCUT2D eigenvalue weighted by molar-refractivity contribution is 0.0195. The van der Waals surface area contributed by atoms with Crippen molar-refractivity contribution in [1.82, 2.24) is 9.55 Å². The Kier molecular flexibility index (Phi) is 6.51. The van der Waals surface area contributed by atoms with Gasteiger partial charge in [0, 0.05) is 0 Å². The van der Waals surface area contributed by atoms with Crippen LogP contribution in [0.25, 0.3) is 11.0 Å². The molecule has 0 fully saturated rings. The van der Waals surface area contributed by atoms with Crippen molar-refractivity contribution in [3.05, 3.63) is 53.9 Å². The largest absolute Gasteiger partial charge is 0.493 e. The van der Waals surface area contributed by atoms with Crippen LogP contribution < -0.4 is 9.47 Å². The van der Waals surface area contributed by atoms with Gasteiger partial charge in [-0.3, -0.25) is 0 Å². The molecule has 0 saturated carbocycles. The van der Waals surface area contributed by atoms with E-state index < -0.39 is 12.2 Å². The molecular formula is C21H26N2O5. The number of aliphatic hydroxyl groups excluding tert-OH is 2. The van der Waals surface area contributed by atoms with Crippen LogP contribution in [0.5, 0.6) is 11.5 Å². The van der Waals surface area contributed by atoms with Crippen molar-refractivity contribution >= 4 is 11.0 Å². The predicted molar refractivity (Wildman–Crippen MR) is 106 cm³/mol. The molecule has 0 amide bonds. The van der Waals surface area contributed by atoms with Gasteiger partial charge in [-0.1, -0.05) is 18.2 Å². The van der Waals surface area contributed by atoms with Gasteiger partial charge in [0.25, 0.3) is 0 Å². The standard InChI is InChI=1S/C21H26N2O5/c1-14(24)21-22-17-6-4-5-7-18(17)23(21)11-16(25)13-28-12-15-8-9-19(26-2)20(10-15)27-3/h4-10,14,16,24-25H,11-13H2,1-3H3. The number of para-hydroxylation sites is 2. The van der Waals surface area contributed by atoms with E-state index in [4.69, 9.17) is 14.2 Å². The van der Waals surface area contributed by atoms with Gasteiger partial charge < -0.3 is 29.0 Å². The fourth-order valence-corrected chi connectivity index (χ4v) is 3.15. The third kappa shape index (κ3) is 4.44. The van der Waals surface area contributed by atoms with Crippen LogP contribution in [0.2, 0.25) is 0 Å². The molecule has 0 aliphatic rings. The van der Waals surface area contributed by atoms with Gasteiger partial charge in [0.2, 0.25) is 0 Å². The van der Waals surface area contributed by atoms with Crippen molar-refractivity contribution in [3.8, 4) is 11.5 Å². The molecule has 0 saturated heterocycles. The number of fused-ring (bicyclic) bond motifs is 1. The molecule has 28 heavy (non-hydrogen) atoms. The number of aliphatic hydroxyl groups is 2. The third-order valence-corrected chi connectivity index (χ3v) is 4.48. The molecule has 150 valence electrons. The molecular weight excluding hydrogens is 360 g/mol. The summed E-state index contributed by atoms with van der Waals surface area (Å²) in [6, 6.07) is 13.2. The number of imidazole rings is 1. The van der Waals surface area contributed by atoms with Crippen LogP contribution >= 0.6 is 0 Å². The SMILES string of the molecule is COc1ccc(COCC(O)Cn2c(C(C)O)nc3ccccc32)cc1OC. The van der Waals surface area contributed by atoms with Crippen molar-refractivity contribution in [3.63, 3.8) is 0 Å². The van der Waals surface area contributed by atoms with Crippen molar-refractivity contribution in [1.29, 1.82) is 0 Å². The summed E-state index contributed by atoms with van der Waals surface area (Å²) >= 11 is 0. The van der Waals surface area contributed by atoms with E-state index in [1.807, 2.05) is 47.0 Å².